The molecule has 43 heavy (non-hydrogen) atoms. The zero-order valence-electron chi connectivity index (χ0n) is 27.4. The van der Waals surface area contributed by atoms with Crippen LogP contribution in [-0.2, 0) is 23.7 Å². The van der Waals surface area contributed by atoms with Gasteiger partial charge in [0.2, 0.25) is 0 Å². The zero-order chi connectivity index (χ0) is 31.4. The first-order valence-electron chi connectivity index (χ1n) is 16.8. The van der Waals surface area contributed by atoms with Crippen molar-refractivity contribution in [2.75, 3.05) is 20.3 Å². The molecule has 1 aliphatic carbocycles. The van der Waals surface area contributed by atoms with Crippen molar-refractivity contribution >= 4 is 5.78 Å². The number of aliphatic hydroxyl groups excluding tert-OH is 3. The van der Waals surface area contributed by atoms with Gasteiger partial charge in [0, 0.05) is 13.0 Å². The van der Waals surface area contributed by atoms with E-state index in [1.165, 1.54) is 0 Å². The summed E-state index contributed by atoms with van der Waals surface area (Å²) in [6.07, 6.45) is 10.6. The van der Waals surface area contributed by atoms with Crippen LogP contribution in [-0.4, -0.2) is 84.3 Å². The molecule has 0 radical (unpaired) electrons. The van der Waals surface area contributed by atoms with E-state index < -0.39 is 18.3 Å². The number of hydrogen-bond acceptors (Lipinski definition) is 8. The highest BCUT2D eigenvalue weighted by Crippen LogP contribution is 2.44. The standard InChI is InChI=1S/C35H58O8/c1-19-9-8-10-25(30(19)23(5)32(38)31-28(37)18-41-35(31)39)16-26(17-36)34-21(3)12-14-27(42-34)13-11-20(2)33-22(4)15-29(43-33)24(6)40-7/h11,13,16,19-25,27,29-36,38-39H,8-10,12,14-15,17-18H2,1-7H3/b13-11+,26-16+/t19-,20+,21-,22+,23+,24+,25-,27-,29-,30-,31-,32+,33+,34-,35+/m1/s1. The van der Waals surface area contributed by atoms with Crippen LogP contribution in [0.15, 0.2) is 23.8 Å². The number of aliphatic hydroxyl groups is 3. The number of ether oxygens (including phenoxy) is 4. The Hall–Kier alpha value is -1.13. The van der Waals surface area contributed by atoms with Gasteiger partial charge in [-0.1, -0.05) is 65.7 Å². The minimum atomic E-state index is -1.26. The van der Waals surface area contributed by atoms with Crippen molar-refractivity contribution in [3.63, 3.8) is 0 Å². The summed E-state index contributed by atoms with van der Waals surface area (Å²) in [4.78, 5) is 12.4. The molecule has 8 nitrogen and oxygen atoms in total. The van der Waals surface area contributed by atoms with E-state index in [-0.39, 0.29) is 79.1 Å². The lowest BCUT2D eigenvalue weighted by Crippen LogP contribution is -2.44. The van der Waals surface area contributed by atoms with E-state index in [1.54, 1.807) is 7.11 Å². The van der Waals surface area contributed by atoms with E-state index in [0.717, 1.165) is 44.1 Å². The summed E-state index contributed by atoms with van der Waals surface area (Å²) in [5, 5.41) is 32.1. The number of hydrogen-bond donors (Lipinski definition) is 3. The number of rotatable bonds is 11. The SMILES string of the molecule is CO[C@@H](C)[C@H]1C[C@H](C)[C@H]([C@@H](C)/C=C/[C@@H]2CC[C@@H](C)[C@H](/C(=C/[C@H]3CCC[C@@H](C)[C@@H]3[C@H](C)[C@H](O)[C@H]3C(=O)CO[C@@H]3O)CO)O2)O1. The summed E-state index contributed by atoms with van der Waals surface area (Å²) in [5.74, 6) is 0.217. The molecule has 1 saturated carbocycles. The van der Waals surface area contributed by atoms with E-state index in [2.05, 4.69) is 52.8 Å². The van der Waals surface area contributed by atoms with Crippen molar-refractivity contribution in [1.29, 1.82) is 0 Å². The summed E-state index contributed by atoms with van der Waals surface area (Å²) in [5.41, 5.74) is 0.911. The second-order valence-electron chi connectivity index (χ2n) is 14.3. The average molecular weight is 607 g/mol. The Balaban J connectivity index is 1.45. The number of Topliss-reactive ketones (excluding diaryl/α,β-unsaturated/α-hetero) is 1. The normalized spacial score (nSPS) is 42.3. The van der Waals surface area contributed by atoms with Gasteiger partial charge in [-0.3, -0.25) is 4.79 Å². The van der Waals surface area contributed by atoms with Crippen LogP contribution >= 0.6 is 0 Å². The molecule has 3 saturated heterocycles. The molecule has 3 heterocycles. The van der Waals surface area contributed by atoms with Crippen LogP contribution in [0.4, 0.5) is 0 Å². The van der Waals surface area contributed by atoms with E-state index >= 15 is 0 Å². The van der Waals surface area contributed by atoms with Crippen molar-refractivity contribution < 1.29 is 39.1 Å². The van der Waals surface area contributed by atoms with Gasteiger partial charge in [-0.15, -0.1) is 0 Å². The maximum atomic E-state index is 12.4. The van der Waals surface area contributed by atoms with Gasteiger partial charge >= 0.3 is 0 Å². The van der Waals surface area contributed by atoms with Gasteiger partial charge in [0.25, 0.3) is 0 Å². The monoisotopic (exact) mass is 606 g/mol. The van der Waals surface area contributed by atoms with Gasteiger partial charge in [-0.25, -0.2) is 0 Å². The molecule has 0 unspecified atom stereocenters. The van der Waals surface area contributed by atoms with Crippen LogP contribution in [0.25, 0.3) is 0 Å². The quantitative estimate of drug-likeness (QED) is 0.290. The summed E-state index contributed by atoms with van der Waals surface area (Å²) in [6, 6.07) is 0. The second-order valence-corrected chi connectivity index (χ2v) is 14.3. The molecular weight excluding hydrogens is 548 g/mol. The van der Waals surface area contributed by atoms with E-state index in [0.29, 0.717) is 11.8 Å². The Morgan fingerprint density at radius 3 is 2.44 bits per heavy atom. The lowest BCUT2D eigenvalue weighted by atomic mass is 9.64. The Kier molecular flexibility index (Phi) is 12.5. The van der Waals surface area contributed by atoms with Crippen LogP contribution < -0.4 is 0 Å². The van der Waals surface area contributed by atoms with Crippen molar-refractivity contribution in [1.82, 2.24) is 0 Å². The van der Waals surface area contributed by atoms with Gasteiger partial charge in [0.15, 0.2) is 12.1 Å². The Morgan fingerprint density at radius 1 is 1.05 bits per heavy atom. The van der Waals surface area contributed by atoms with E-state index in [1.807, 2.05) is 6.92 Å². The van der Waals surface area contributed by atoms with Crippen molar-refractivity contribution in [2.24, 2.45) is 47.3 Å². The summed E-state index contributed by atoms with van der Waals surface area (Å²) >= 11 is 0. The Labute approximate surface area is 259 Å². The van der Waals surface area contributed by atoms with Crippen molar-refractivity contribution in [3.05, 3.63) is 23.8 Å². The molecule has 3 N–H and O–H groups in total. The van der Waals surface area contributed by atoms with Crippen LogP contribution in [0.5, 0.6) is 0 Å². The fraction of sp³-hybridized carbons (Fsp3) is 0.857. The van der Waals surface area contributed by atoms with E-state index in [4.69, 9.17) is 18.9 Å². The van der Waals surface area contributed by atoms with Gasteiger partial charge in [-0.2, -0.15) is 0 Å². The van der Waals surface area contributed by atoms with Gasteiger partial charge < -0.3 is 34.3 Å². The van der Waals surface area contributed by atoms with Gasteiger partial charge in [-0.05, 0) is 73.7 Å². The van der Waals surface area contributed by atoms with Gasteiger partial charge in [0.05, 0.1) is 49.1 Å². The van der Waals surface area contributed by atoms with Crippen LogP contribution in [0, 0.1) is 47.3 Å². The molecule has 0 aromatic carbocycles. The lowest BCUT2D eigenvalue weighted by Gasteiger charge is -2.43. The number of carbonyl (C=O) groups is 1. The molecular formula is C35H58O8. The molecule has 8 heteroatoms. The highest BCUT2D eigenvalue weighted by atomic mass is 16.6. The average Bonchev–Trinajstić information content (AvgIpc) is 3.55. The lowest BCUT2D eigenvalue weighted by molar-refractivity contribution is -0.135. The fourth-order valence-electron chi connectivity index (χ4n) is 8.50. The molecule has 3 aliphatic heterocycles. The highest BCUT2D eigenvalue weighted by molar-refractivity contribution is 5.84. The molecule has 0 aromatic heterocycles. The summed E-state index contributed by atoms with van der Waals surface area (Å²) < 4.78 is 23.7. The molecule has 15 atom stereocenters. The molecule has 4 rings (SSSR count). The van der Waals surface area contributed by atoms with Crippen LogP contribution in [0.3, 0.4) is 0 Å². The first kappa shape index (κ1) is 34.7. The predicted octanol–water partition coefficient (Wildman–Crippen LogP) is 4.69. The zero-order valence-corrected chi connectivity index (χ0v) is 27.4. The minimum absolute atomic E-state index is 0.0271. The molecule has 246 valence electrons. The third kappa shape index (κ3) is 8.00. The number of methoxy groups -OCH3 is 1. The number of carbonyl (C=O) groups excluding carboxylic acids is 1. The molecule has 4 aliphatic rings. The second kappa shape index (κ2) is 15.4. The maximum absolute atomic E-state index is 12.4. The molecule has 4 fully saturated rings. The number of allylic oxidation sites excluding steroid dienone is 1. The topological polar surface area (TPSA) is 115 Å². The Bertz CT molecular complexity index is 965. The first-order valence-corrected chi connectivity index (χ1v) is 16.8. The van der Waals surface area contributed by atoms with Gasteiger partial charge in [0.1, 0.15) is 6.61 Å². The smallest absolute Gasteiger partial charge is 0.169 e. The Morgan fingerprint density at radius 2 is 1.79 bits per heavy atom. The minimum Gasteiger partial charge on any atom is -0.392 e. The highest BCUT2D eigenvalue weighted by Gasteiger charge is 2.46. The third-order valence-corrected chi connectivity index (χ3v) is 11.2. The third-order valence-electron chi connectivity index (χ3n) is 11.2. The summed E-state index contributed by atoms with van der Waals surface area (Å²) in [7, 11) is 1.74. The summed E-state index contributed by atoms with van der Waals surface area (Å²) in [6.45, 7) is 12.7. The fourth-order valence-corrected chi connectivity index (χ4v) is 8.50. The molecule has 0 amide bonds. The van der Waals surface area contributed by atoms with Crippen LogP contribution in [0.2, 0.25) is 0 Å². The molecule has 0 aromatic rings. The van der Waals surface area contributed by atoms with Crippen LogP contribution in [0.1, 0.15) is 80.1 Å². The van der Waals surface area contributed by atoms with E-state index in [9.17, 15) is 20.1 Å². The predicted molar refractivity (Wildman–Crippen MR) is 165 cm³/mol. The van der Waals surface area contributed by atoms with Crippen molar-refractivity contribution in [3.8, 4) is 0 Å². The first-order chi connectivity index (χ1) is 20.5. The molecule has 0 spiro atoms. The maximum Gasteiger partial charge on any atom is 0.169 e. The largest absolute Gasteiger partial charge is 0.392 e. The molecule has 0 bridgehead atoms. The van der Waals surface area contributed by atoms with Crippen molar-refractivity contribution in [2.45, 2.75) is 123 Å². The number of ketones is 1.